The van der Waals surface area contributed by atoms with Crippen LogP contribution in [0.4, 0.5) is 0 Å². The summed E-state index contributed by atoms with van der Waals surface area (Å²) >= 11 is 0. The highest BCUT2D eigenvalue weighted by molar-refractivity contribution is 5.85. The first kappa shape index (κ1) is 16.7. The summed E-state index contributed by atoms with van der Waals surface area (Å²) in [5, 5.41) is 7.63. The van der Waals surface area contributed by atoms with Crippen LogP contribution in [0.5, 0.6) is 0 Å². The number of furan rings is 1. The minimum atomic E-state index is 0. The predicted octanol–water partition coefficient (Wildman–Crippen LogP) is 2.90. The van der Waals surface area contributed by atoms with E-state index in [0.29, 0.717) is 17.6 Å². The number of aromatic nitrogens is 2. The summed E-state index contributed by atoms with van der Waals surface area (Å²) in [5.74, 6) is 1.37. The van der Waals surface area contributed by atoms with Crippen LogP contribution in [0.25, 0.3) is 11.5 Å². The maximum atomic E-state index is 5.39. The van der Waals surface area contributed by atoms with Gasteiger partial charge in [-0.15, -0.1) is 12.4 Å². The molecule has 1 unspecified atom stereocenters. The van der Waals surface area contributed by atoms with Crippen molar-refractivity contribution in [1.29, 1.82) is 0 Å². The topological polar surface area (TPSA) is 67.3 Å². The molecular formula is C17H19ClN4O2. The maximum absolute atomic E-state index is 5.39. The lowest BCUT2D eigenvalue weighted by Crippen LogP contribution is -2.45. The molecule has 1 fully saturated rings. The Kier molecular flexibility index (Phi) is 5.30. The van der Waals surface area contributed by atoms with Gasteiger partial charge < -0.3 is 14.3 Å². The third kappa shape index (κ3) is 3.51. The van der Waals surface area contributed by atoms with E-state index in [-0.39, 0.29) is 12.4 Å². The van der Waals surface area contributed by atoms with Gasteiger partial charge in [-0.1, -0.05) is 11.2 Å². The zero-order valence-corrected chi connectivity index (χ0v) is 13.9. The number of hydrogen-bond acceptors (Lipinski definition) is 6. The number of pyridine rings is 1. The lowest BCUT2D eigenvalue weighted by molar-refractivity contribution is 0.149. The van der Waals surface area contributed by atoms with Crippen molar-refractivity contribution < 1.29 is 8.94 Å². The van der Waals surface area contributed by atoms with E-state index in [1.807, 2.05) is 30.5 Å². The minimum absolute atomic E-state index is 0. The molecule has 7 heteroatoms. The van der Waals surface area contributed by atoms with Gasteiger partial charge in [-0.25, -0.2) is 0 Å². The first-order valence-corrected chi connectivity index (χ1v) is 7.74. The van der Waals surface area contributed by atoms with Crippen LogP contribution in [-0.2, 0) is 6.54 Å². The van der Waals surface area contributed by atoms with Crippen LogP contribution in [0.1, 0.15) is 17.3 Å². The standard InChI is InChI=1S/C17H18N4O2.ClH/c1-3-13(10-18-5-1)15-11-19-6-7-21(15)12-14-9-17(23-20-14)16-4-2-8-22-16;/h1-5,8-10,15,19H,6-7,11-12H2;1H. The van der Waals surface area contributed by atoms with Crippen LogP contribution in [0.3, 0.4) is 0 Å². The highest BCUT2D eigenvalue weighted by Crippen LogP contribution is 2.25. The molecule has 6 nitrogen and oxygen atoms in total. The van der Waals surface area contributed by atoms with Crippen LogP contribution in [0.15, 0.2) is 57.9 Å². The van der Waals surface area contributed by atoms with Gasteiger partial charge in [0.25, 0.3) is 0 Å². The summed E-state index contributed by atoms with van der Waals surface area (Å²) < 4.78 is 10.7. The molecule has 0 saturated carbocycles. The van der Waals surface area contributed by atoms with Crippen molar-refractivity contribution in [3.8, 4) is 11.5 Å². The smallest absolute Gasteiger partial charge is 0.202 e. The molecule has 0 radical (unpaired) electrons. The molecule has 1 saturated heterocycles. The van der Waals surface area contributed by atoms with Gasteiger partial charge in [-0.3, -0.25) is 9.88 Å². The molecule has 0 bridgehead atoms. The fourth-order valence-corrected chi connectivity index (χ4v) is 2.97. The normalized spacial score (nSPS) is 18.2. The molecule has 0 aromatic carbocycles. The van der Waals surface area contributed by atoms with Gasteiger partial charge in [-0.2, -0.15) is 0 Å². The van der Waals surface area contributed by atoms with Crippen molar-refractivity contribution in [2.45, 2.75) is 12.6 Å². The van der Waals surface area contributed by atoms with Crippen molar-refractivity contribution in [1.82, 2.24) is 20.4 Å². The molecule has 1 aliphatic rings. The van der Waals surface area contributed by atoms with Gasteiger partial charge in [0.15, 0.2) is 5.76 Å². The van der Waals surface area contributed by atoms with Crippen molar-refractivity contribution in [2.75, 3.05) is 19.6 Å². The molecule has 0 amide bonds. The quantitative estimate of drug-likeness (QED) is 0.783. The Morgan fingerprint density at radius 2 is 2.21 bits per heavy atom. The minimum Gasteiger partial charge on any atom is -0.461 e. The van der Waals surface area contributed by atoms with Gasteiger partial charge >= 0.3 is 0 Å². The Morgan fingerprint density at radius 1 is 1.25 bits per heavy atom. The number of halogens is 1. The zero-order chi connectivity index (χ0) is 15.5. The Morgan fingerprint density at radius 3 is 3.00 bits per heavy atom. The van der Waals surface area contributed by atoms with Gasteiger partial charge in [0.2, 0.25) is 5.76 Å². The summed E-state index contributed by atoms with van der Waals surface area (Å²) in [4.78, 5) is 6.64. The van der Waals surface area contributed by atoms with Crippen LogP contribution < -0.4 is 5.32 Å². The summed E-state index contributed by atoms with van der Waals surface area (Å²) in [7, 11) is 0. The Hall–Kier alpha value is -2.15. The van der Waals surface area contributed by atoms with Crippen LogP contribution >= 0.6 is 12.4 Å². The third-order valence-corrected chi connectivity index (χ3v) is 4.11. The SMILES string of the molecule is Cl.c1cncc(C2CNCCN2Cc2cc(-c3ccco3)on2)c1. The molecule has 4 heterocycles. The largest absolute Gasteiger partial charge is 0.461 e. The van der Waals surface area contributed by atoms with E-state index in [4.69, 9.17) is 8.94 Å². The summed E-state index contributed by atoms with van der Waals surface area (Å²) in [6.45, 7) is 3.59. The van der Waals surface area contributed by atoms with E-state index in [0.717, 1.165) is 31.9 Å². The molecule has 1 atom stereocenters. The van der Waals surface area contributed by atoms with E-state index in [1.165, 1.54) is 5.56 Å². The third-order valence-electron chi connectivity index (χ3n) is 4.11. The Bertz CT molecular complexity index is 745. The lowest BCUT2D eigenvalue weighted by Gasteiger charge is -2.35. The van der Waals surface area contributed by atoms with Crippen molar-refractivity contribution in [2.24, 2.45) is 0 Å². The highest BCUT2D eigenvalue weighted by Gasteiger charge is 2.25. The number of piperazine rings is 1. The van der Waals surface area contributed by atoms with Crippen molar-refractivity contribution >= 4 is 12.4 Å². The van der Waals surface area contributed by atoms with E-state index in [2.05, 4.69) is 26.4 Å². The Labute approximate surface area is 146 Å². The summed E-state index contributed by atoms with van der Waals surface area (Å²) in [6, 6.07) is 10.0. The zero-order valence-electron chi connectivity index (χ0n) is 13.1. The van der Waals surface area contributed by atoms with E-state index < -0.39 is 0 Å². The van der Waals surface area contributed by atoms with Crippen molar-refractivity contribution in [3.05, 3.63) is 60.2 Å². The second-order valence-corrected chi connectivity index (χ2v) is 5.64. The Balaban J connectivity index is 0.00000169. The van der Waals surface area contributed by atoms with Crippen LogP contribution in [0.2, 0.25) is 0 Å². The molecule has 0 spiro atoms. The number of rotatable bonds is 4. The monoisotopic (exact) mass is 346 g/mol. The fourth-order valence-electron chi connectivity index (χ4n) is 2.97. The van der Waals surface area contributed by atoms with Gasteiger partial charge in [0.1, 0.15) is 0 Å². The molecule has 24 heavy (non-hydrogen) atoms. The summed E-state index contributed by atoms with van der Waals surface area (Å²) in [5.41, 5.74) is 2.13. The lowest BCUT2D eigenvalue weighted by atomic mass is 10.1. The number of hydrogen-bond donors (Lipinski definition) is 1. The molecule has 1 N–H and O–H groups in total. The summed E-state index contributed by atoms with van der Waals surface area (Å²) in [6.07, 6.45) is 5.37. The second kappa shape index (κ2) is 7.61. The molecule has 4 rings (SSSR count). The predicted molar refractivity (Wildman–Crippen MR) is 91.7 cm³/mol. The fraction of sp³-hybridized carbons (Fsp3) is 0.294. The number of nitrogens with one attached hydrogen (secondary N) is 1. The van der Waals surface area contributed by atoms with E-state index in [1.54, 1.807) is 12.5 Å². The average Bonchev–Trinajstić information content (AvgIpc) is 3.27. The van der Waals surface area contributed by atoms with E-state index in [9.17, 15) is 0 Å². The molecule has 1 aliphatic heterocycles. The molecule has 3 aromatic heterocycles. The van der Waals surface area contributed by atoms with Gasteiger partial charge in [0, 0.05) is 50.7 Å². The molecule has 126 valence electrons. The van der Waals surface area contributed by atoms with Crippen LogP contribution in [0, 0.1) is 0 Å². The first-order chi connectivity index (χ1) is 11.4. The maximum Gasteiger partial charge on any atom is 0.202 e. The highest BCUT2D eigenvalue weighted by atomic mass is 35.5. The molecule has 0 aliphatic carbocycles. The first-order valence-electron chi connectivity index (χ1n) is 7.74. The van der Waals surface area contributed by atoms with E-state index >= 15 is 0 Å². The van der Waals surface area contributed by atoms with Gasteiger partial charge in [0.05, 0.1) is 12.0 Å². The van der Waals surface area contributed by atoms with Crippen molar-refractivity contribution in [3.63, 3.8) is 0 Å². The second-order valence-electron chi connectivity index (χ2n) is 5.64. The average molecular weight is 347 g/mol. The molecule has 3 aromatic rings. The number of nitrogens with zero attached hydrogens (tertiary/aromatic N) is 3. The van der Waals surface area contributed by atoms with Gasteiger partial charge in [-0.05, 0) is 23.8 Å². The molecular weight excluding hydrogens is 328 g/mol. The van der Waals surface area contributed by atoms with Crippen LogP contribution in [-0.4, -0.2) is 34.7 Å².